The Morgan fingerprint density at radius 3 is 2.44 bits per heavy atom. The lowest BCUT2D eigenvalue weighted by molar-refractivity contribution is -0.136. The number of aliphatic carboxylic acids is 1. The molecule has 1 aromatic rings. The molecule has 0 heterocycles. The highest BCUT2D eigenvalue weighted by atomic mass is 19.1. The summed E-state index contributed by atoms with van der Waals surface area (Å²) in [5.41, 5.74) is 0.759. The van der Waals surface area contributed by atoms with Gasteiger partial charge in [0.05, 0.1) is 6.54 Å². The standard InChI is InChI=1S/C12H16FNO2/c1-12(2,8-14-7-11(15)16)9-3-5-10(13)6-4-9/h3-6,14H,7-8H2,1-2H3,(H,15,16). The Labute approximate surface area is 94.3 Å². The third-order valence-electron chi connectivity index (χ3n) is 2.47. The van der Waals surface area contributed by atoms with Crippen LogP contribution in [0.4, 0.5) is 4.39 Å². The lowest BCUT2D eigenvalue weighted by Crippen LogP contribution is -2.35. The van der Waals surface area contributed by atoms with Gasteiger partial charge in [-0.1, -0.05) is 26.0 Å². The lowest BCUT2D eigenvalue weighted by Gasteiger charge is -2.25. The smallest absolute Gasteiger partial charge is 0.317 e. The van der Waals surface area contributed by atoms with Crippen molar-refractivity contribution in [2.75, 3.05) is 13.1 Å². The lowest BCUT2D eigenvalue weighted by atomic mass is 9.84. The van der Waals surface area contributed by atoms with Gasteiger partial charge in [0.15, 0.2) is 0 Å². The molecule has 0 aliphatic rings. The molecule has 0 atom stereocenters. The van der Waals surface area contributed by atoms with E-state index in [1.165, 1.54) is 12.1 Å². The van der Waals surface area contributed by atoms with Crippen LogP contribution in [0.5, 0.6) is 0 Å². The van der Waals surface area contributed by atoms with Crippen molar-refractivity contribution in [1.82, 2.24) is 5.32 Å². The number of benzene rings is 1. The van der Waals surface area contributed by atoms with Crippen molar-refractivity contribution in [3.8, 4) is 0 Å². The molecule has 0 radical (unpaired) electrons. The molecule has 0 saturated carbocycles. The summed E-state index contributed by atoms with van der Waals surface area (Å²) < 4.78 is 12.7. The molecule has 1 aromatic carbocycles. The number of hydrogen-bond donors (Lipinski definition) is 2. The molecule has 0 spiro atoms. The molecule has 88 valence electrons. The summed E-state index contributed by atoms with van der Waals surface area (Å²) in [5, 5.41) is 11.4. The van der Waals surface area contributed by atoms with Gasteiger partial charge in [-0.25, -0.2) is 4.39 Å². The van der Waals surface area contributed by atoms with Crippen LogP contribution in [-0.4, -0.2) is 24.2 Å². The van der Waals surface area contributed by atoms with Gasteiger partial charge < -0.3 is 10.4 Å². The van der Waals surface area contributed by atoms with Crippen LogP contribution in [0.1, 0.15) is 19.4 Å². The van der Waals surface area contributed by atoms with Crippen molar-refractivity contribution in [2.45, 2.75) is 19.3 Å². The number of carboxylic acid groups (broad SMARTS) is 1. The van der Waals surface area contributed by atoms with Crippen molar-refractivity contribution in [3.63, 3.8) is 0 Å². The Kier molecular flexibility index (Phi) is 4.01. The van der Waals surface area contributed by atoms with E-state index in [9.17, 15) is 9.18 Å². The van der Waals surface area contributed by atoms with Gasteiger partial charge in [-0.05, 0) is 17.7 Å². The SMILES string of the molecule is CC(C)(CNCC(=O)O)c1ccc(F)cc1. The number of carboxylic acids is 1. The molecule has 0 unspecified atom stereocenters. The number of nitrogens with one attached hydrogen (secondary N) is 1. The highest BCUT2D eigenvalue weighted by molar-refractivity contribution is 5.69. The fraction of sp³-hybridized carbons (Fsp3) is 0.417. The summed E-state index contributed by atoms with van der Waals surface area (Å²) in [6.45, 7) is 4.43. The van der Waals surface area contributed by atoms with E-state index in [0.717, 1.165) is 5.56 Å². The third-order valence-corrected chi connectivity index (χ3v) is 2.47. The second kappa shape index (κ2) is 5.07. The maximum absolute atomic E-state index is 12.7. The van der Waals surface area contributed by atoms with Crippen molar-refractivity contribution < 1.29 is 14.3 Å². The van der Waals surface area contributed by atoms with Crippen molar-refractivity contribution in [3.05, 3.63) is 35.6 Å². The second-order valence-corrected chi connectivity index (χ2v) is 4.39. The van der Waals surface area contributed by atoms with Gasteiger partial charge in [-0.3, -0.25) is 4.79 Å². The van der Waals surface area contributed by atoms with E-state index in [2.05, 4.69) is 5.32 Å². The first-order valence-electron chi connectivity index (χ1n) is 5.10. The van der Waals surface area contributed by atoms with Crippen LogP contribution in [0.25, 0.3) is 0 Å². The van der Waals surface area contributed by atoms with Crippen molar-refractivity contribution >= 4 is 5.97 Å². The molecule has 0 amide bonds. The van der Waals surface area contributed by atoms with Gasteiger partial charge in [0.1, 0.15) is 5.82 Å². The zero-order valence-electron chi connectivity index (χ0n) is 9.46. The van der Waals surface area contributed by atoms with Crippen LogP contribution in [0.3, 0.4) is 0 Å². The van der Waals surface area contributed by atoms with E-state index in [-0.39, 0.29) is 17.8 Å². The molecular formula is C12H16FNO2. The Bertz CT molecular complexity index is 360. The van der Waals surface area contributed by atoms with E-state index in [4.69, 9.17) is 5.11 Å². The monoisotopic (exact) mass is 225 g/mol. The molecule has 0 aliphatic heterocycles. The van der Waals surface area contributed by atoms with Gasteiger partial charge >= 0.3 is 5.97 Å². The minimum Gasteiger partial charge on any atom is -0.480 e. The summed E-state index contributed by atoms with van der Waals surface area (Å²) in [4.78, 5) is 10.4. The minimum atomic E-state index is -0.880. The van der Waals surface area contributed by atoms with Crippen LogP contribution >= 0.6 is 0 Å². The first kappa shape index (κ1) is 12.6. The Hall–Kier alpha value is -1.42. The molecule has 1 rings (SSSR count). The number of hydrogen-bond acceptors (Lipinski definition) is 2. The number of rotatable bonds is 5. The zero-order valence-corrected chi connectivity index (χ0v) is 9.46. The molecule has 0 aromatic heterocycles. The van der Waals surface area contributed by atoms with Crippen LogP contribution in [0, 0.1) is 5.82 Å². The summed E-state index contributed by atoms with van der Waals surface area (Å²) in [6, 6.07) is 6.26. The summed E-state index contributed by atoms with van der Waals surface area (Å²) in [5.74, 6) is -1.15. The van der Waals surface area contributed by atoms with E-state index in [1.807, 2.05) is 13.8 Å². The van der Waals surface area contributed by atoms with Crippen molar-refractivity contribution in [1.29, 1.82) is 0 Å². The Morgan fingerprint density at radius 2 is 1.94 bits per heavy atom. The number of halogens is 1. The summed E-state index contributed by atoms with van der Waals surface area (Å²) in [7, 11) is 0. The maximum atomic E-state index is 12.7. The van der Waals surface area contributed by atoms with Gasteiger partial charge in [0.25, 0.3) is 0 Å². The molecule has 16 heavy (non-hydrogen) atoms. The minimum absolute atomic E-state index is 0.0649. The first-order chi connectivity index (χ1) is 7.42. The second-order valence-electron chi connectivity index (χ2n) is 4.39. The van der Waals surface area contributed by atoms with E-state index in [0.29, 0.717) is 6.54 Å². The molecule has 3 nitrogen and oxygen atoms in total. The predicted octanol–water partition coefficient (Wildman–Crippen LogP) is 1.78. The van der Waals surface area contributed by atoms with Gasteiger partial charge in [-0.2, -0.15) is 0 Å². The average molecular weight is 225 g/mol. The normalized spacial score (nSPS) is 11.4. The predicted molar refractivity (Wildman–Crippen MR) is 59.9 cm³/mol. The largest absolute Gasteiger partial charge is 0.480 e. The Balaban J connectivity index is 2.62. The van der Waals surface area contributed by atoms with Crippen LogP contribution in [0.2, 0.25) is 0 Å². The fourth-order valence-corrected chi connectivity index (χ4v) is 1.49. The van der Waals surface area contributed by atoms with Gasteiger partial charge in [0.2, 0.25) is 0 Å². The fourth-order valence-electron chi connectivity index (χ4n) is 1.49. The molecule has 0 saturated heterocycles. The summed E-state index contributed by atoms with van der Waals surface area (Å²) in [6.07, 6.45) is 0. The molecule has 0 aliphatic carbocycles. The molecular weight excluding hydrogens is 209 g/mol. The first-order valence-corrected chi connectivity index (χ1v) is 5.10. The van der Waals surface area contributed by atoms with Crippen LogP contribution in [0.15, 0.2) is 24.3 Å². The maximum Gasteiger partial charge on any atom is 0.317 e. The average Bonchev–Trinajstić information content (AvgIpc) is 2.17. The Morgan fingerprint density at radius 1 is 1.38 bits per heavy atom. The van der Waals surface area contributed by atoms with Crippen LogP contribution < -0.4 is 5.32 Å². The molecule has 2 N–H and O–H groups in total. The highest BCUT2D eigenvalue weighted by Crippen LogP contribution is 2.22. The topological polar surface area (TPSA) is 49.3 Å². The number of carbonyl (C=O) groups is 1. The molecule has 0 fully saturated rings. The quantitative estimate of drug-likeness (QED) is 0.803. The van der Waals surface area contributed by atoms with Gasteiger partial charge in [0, 0.05) is 12.0 Å². The molecule has 0 bridgehead atoms. The highest BCUT2D eigenvalue weighted by Gasteiger charge is 2.20. The van der Waals surface area contributed by atoms with Crippen LogP contribution in [-0.2, 0) is 10.2 Å². The van der Waals surface area contributed by atoms with E-state index < -0.39 is 5.97 Å². The zero-order chi connectivity index (χ0) is 12.2. The van der Waals surface area contributed by atoms with E-state index in [1.54, 1.807) is 12.1 Å². The third kappa shape index (κ3) is 3.62. The van der Waals surface area contributed by atoms with Gasteiger partial charge in [-0.15, -0.1) is 0 Å². The van der Waals surface area contributed by atoms with Crippen molar-refractivity contribution in [2.24, 2.45) is 0 Å². The molecule has 4 heteroatoms. The summed E-state index contributed by atoms with van der Waals surface area (Å²) >= 11 is 0. The van der Waals surface area contributed by atoms with E-state index >= 15 is 0 Å².